The third-order valence-corrected chi connectivity index (χ3v) is 5.61. The van der Waals surface area contributed by atoms with Gasteiger partial charge in [0.1, 0.15) is 24.4 Å². The maximum Gasteiger partial charge on any atom is 0.251 e. The molecule has 1 aromatic heterocycles. The number of hydrogen-bond donors (Lipinski definition) is 2. The summed E-state index contributed by atoms with van der Waals surface area (Å²) in [6.45, 7) is 4.64. The number of anilines is 2. The van der Waals surface area contributed by atoms with E-state index in [-0.39, 0.29) is 12.0 Å². The molecule has 0 unspecified atom stereocenters. The van der Waals surface area contributed by atoms with Gasteiger partial charge in [0, 0.05) is 43.1 Å². The van der Waals surface area contributed by atoms with E-state index in [0.717, 1.165) is 22.2 Å². The van der Waals surface area contributed by atoms with Gasteiger partial charge >= 0.3 is 0 Å². The quantitative estimate of drug-likeness (QED) is 0.611. The molecule has 0 saturated carbocycles. The molecule has 8 heteroatoms. The fourth-order valence-corrected chi connectivity index (χ4v) is 3.91. The highest BCUT2D eigenvalue weighted by Crippen LogP contribution is 2.36. The molecule has 1 fully saturated rings. The molecule has 168 valence electrons. The minimum atomic E-state index is -0.977. The molecule has 2 aromatic carbocycles. The first kappa shape index (κ1) is 21.8. The number of aryl methyl sites for hydroxylation is 1. The number of fused-ring (bicyclic) bond motifs is 1. The molecular formula is C24H28N4O4. The summed E-state index contributed by atoms with van der Waals surface area (Å²) in [6, 6.07) is 11.8. The van der Waals surface area contributed by atoms with Gasteiger partial charge in [0.2, 0.25) is 0 Å². The van der Waals surface area contributed by atoms with E-state index in [9.17, 15) is 9.90 Å². The summed E-state index contributed by atoms with van der Waals surface area (Å²) in [5.74, 6) is 1.66. The lowest BCUT2D eigenvalue weighted by atomic mass is 10.1. The number of hydrogen-bond acceptors (Lipinski definition) is 7. The van der Waals surface area contributed by atoms with Crippen molar-refractivity contribution in [2.75, 3.05) is 25.5 Å². The molecule has 1 amide bonds. The Hall–Kier alpha value is -3.39. The number of carbonyl (C=O) groups is 1. The Morgan fingerprint density at radius 1 is 1.19 bits per heavy atom. The second kappa shape index (κ2) is 9.40. The van der Waals surface area contributed by atoms with Crippen LogP contribution in [0.25, 0.3) is 10.9 Å². The van der Waals surface area contributed by atoms with E-state index in [1.165, 1.54) is 13.3 Å². The van der Waals surface area contributed by atoms with Crippen LogP contribution in [0.2, 0.25) is 0 Å². The van der Waals surface area contributed by atoms with E-state index in [4.69, 9.17) is 9.47 Å². The van der Waals surface area contributed by atoms with Crippen LogP contribution in [0.5, 0.6) is 11.5 Å². The number of carbonyl (C=O) groups excluding carboxylic acids is 1. The maximum absolute atomic E-state index is 12.0. The van der Waals surface area contributed by atoms with E-state index in [0.29, 0.717) is 43.2 Å². The van der Waals surface area contributed by atoms with E-state index >= 15 is 0 Å². The molecule has 8 nitrogen and oxygen atoms in total. The number of piperidine rings is 1. The van der Waals surface area contributed by atoms with Crippen LogP contribution in [0.3, 0.4) is 0 Å². The number of amides is 1. The zero-order chi connectivity index (χ0) is 22.7. The molecule has 0 radical (unpaired) electrons. The number of methoxy groups -OCH3 is 1. The minimum absolute atomic E-state index is 0.0499. The average molecular weight is 437 g/mol. The van der Waals surface area contributed by atoms with Crippen molar-refractivity contribution < 1.29 is 19.4 Å². The van der Waals surface area contributed by atoms with Crippen LogP contribution in [0.15, 0.2) is 42.7 Å². The Bertz CT molecular complexity index is 1110. The summed E-state index contributed by atoms with van der Waals surface area (Å²) in [5.41, 5.74) is 2.85. The molecule has 2 N–H and O–H groups in total. The summed E-state index contributed by atoms with van der Waals surface area (Å²) in [6.07, 6.45) is 1.87. The van der Waals surface area contributed by atoms with E-state index < -0.39 is 6.10 Å². The van der Waals surface area contributed by atoms with Gasteiger partial charge in [-0.2, -0.15) is 0 Å². The van der Waals surface area contributed by atoms with E-state index in [1.54, 1.807) is 12.0 Å². The molecule has 1 atom stereocenters. The number of aliphatic hydroxyl groups is 1. The Kier molecular flexibility index (Phi) is 6.41. The Morgan fingerprint density at radius 3 is 2.66 bits per heavy atom. The summed E-state index contributed by atoms with van der Waals surface area (Å²) in [4.78, 5) is 22.5. The van der Waals surface area contributed by atoms with Crippen molar-refractivity contribution in [3.8, 4) is 11.5 Å². The highest BCUT2D eigenvalue weighted by Gasteiger charge is 2.27. The number of nitrogens with zero attached hydrogens (tertiary/aromatic N) is 3. The SMILES string of the molecule is COc1cc2c(Nc3cccc(C)c3)ncnc2cc1OC1CCN(C(=O)[C@H](C)O)CC1. The lowest BCUT2D eigenvalue weighted by Crippen LogP contribution is -2.45. The van der Waals surface area contributed by atoms with Gasteiger partial charge < -0.3 is 24.8 Å². The first-order chi connectivity index (χ1) is 15.4. The highest BCUT2D eigenvalue weighted by atomic mass is 16.5. The van der Waals surface area contributed by atoms with E-state index in [2.05, 4.69) is 21.4 Å². The molecule has 1 aliphatic heterocycles. The number of ether oxygens (including phenoxy) is 2. The lowest BCUT2D eigenvalue weighted by Gasteiger charge is -2.33. The third kappa shape index (κ3) is 4.75. The van der Waals surface area contributed by atoms with Crippen molar-refractivity contribution >= 4 is 28.3 Å². The van der Waals surface area contributed by atoms with Crippen molar-refractivity contribution in [1.82, 2.24) is 14.9 Å². The van der Waals surface area contributed by atoms with Gasteiger partial charge in [-0.3, -0.25) is 4.79 Å². The number of likely N-dealkylation sites (tertiary alicyclic amines) is 1. The normalized spacial score (nSPS) is 15.4. The van der Waals surface area contributed by atoms with E-state index in [1.807, 2.05) is 37.3 Å². The molecule has 3 aromatic rings. The molecule has 2 heterocycles. The van der Waals surface area contributed by atoms with Crippen LogP contribution >= 0.6 is 0 Å². The summed E-state index contributed by atoms with van der Waals surface area (Å²) < 4.78 is 11.8. The third-order valence-electron chi connectivity index (χ3n) is 5.61. The van der Waals surface area contributed by atoms with Crippen LogP contribution in [-0.4, -0.2) is 58.3 Å². The monoisotopic (exact) mass is 436 g/mol. The smallest absolute Gasteiger partial charge is 0.251 e. The van der Waals surface area contributed by atoms with Gasteiger partial charge in [0.05, 0.1) is 12.6 Å². The van der Waals surface area contributed by atoms with Crippen molar-refractivity contribution in [1.29, 1.82) is 0 Å². The molecule has 0 spiro atoms. The standard InChI is InChI=1S/C24H28N4O4/c1-15-5-4-6-17(11-15)27-23-19-12-21(31-3)22(13-20(19)25-14-26-23)32-18-7-9-28(10-8-18)24(30)16(2)29/h4-6,11-14,16,18,29H,7-10H2,1-3H3,(H,25,26,27)/t16-/m0/s1. The topological polar surface area (TPSA) is 96.8 Å². The molecule has 4 rings (SSSR count). The van der Waals surface area contributed by atoms with Gasteiger partial charge in [-0.15, -0.1) is 0 Å². The van der Waals surface area contributed by atoms with Crippen molar-refractivity contribution in [3.05, 3.63) is 48.3 Å². The van der Waals surface area contributed by atoms with Crippen molar-refractivity contribution in [3.63, 3.8) is 0 Å². The number of rotatable bonds is 6. The van der Waals surface area contributed by atoms with Gasteiger partial charge in [-0.1, -0.05) is 12.1 Å². The van der Waals surface area contributed by atoms with Gasteiger partial charge in [-0.25, -0.2) is 9.97 Å². The summed E-state index contributed by atoms with van der Waals surface area (Å²) in [7, 11) is 1.61. The zero-order valence-electron chi connectivity index (χ0n) is 18.5. The largest absolute Gasteiger partial charge is 0.493 e. The Balaban J connectivity index is 1.54. The van der Waals surface area contributed by atoms with Crippen molar-refractivity contribution in [2.45, 2.75) is 38.9 Å². The van der Waals surface area contributed by atoms with Crippen LogP contribution in [0.1, 0.15) is 25.3 Å². The Morgan fingerprint density at radius 2 is 1.97 bits per heavy atom. The minimum Gasteiger partial charge on any atom is -0.493 e. The zero-order valence-corrected chi connectivity index (χ0v) is 18.5. The number of benzene rings is 2. The summed E-state index contributed by atoms with van der Waals surface area (Å²) >= 11 is 0. The predicted molar refractivity (Wildman–Crippen MR) is 122 cm³/mol. The van der Waals surface area contributed by atoms with Gasteiger partial charge in [-0.05, 0) is 37.6 Å². The van der Waals surface area contributed by atoms with Gasteiger partial charge in [0.25, 0.3) is 5.91 Å². The van der Waals surface area contributed by atoms with Crippen LogP contribution in [0.4, 0.5) is 11.5 Å². The first-order valence-electron chi connectivity index (χ1n) is 10.7. The average Bonchev–Trinajstić information content (AvgIpc) is 2.79. The first-order valence-corrected chi connectivity index (χ1v) is 10.7. The second-order valence-corrected chi connectivity index (χ2v) is 8.06. The lowest BCUT2D eigenvalue weighted by molar-refractivity contribution is -0.141. The molecule has 0 aliphatic carbocycles. The van der Waals surface area contributed by atoms with Crippen molar-refractivity contribution in [2.24, 2.45) is 0 Å². The van der Waals surface area contributed by atoms with Crippen LogP contribution in [-0.2, 0) is 4.79 Å². The molecule has 1 saturated heterocycles. The molecular weight excluding hydrogens is 408 g/mol. The summed E-state index contributed by atoms with van der Waals surface area (Å²) in [5, 5.41) is 13.7. The number of nitrogens with one attached hydrogen (secondary N) is 1. The second-order valence-electron chi connectivity index (χ2n) is 8.06. The highest BCUT2D eigenvalue weighted by molar-refractivity contribution is 5.93. The van der Waals surface area contributed by atoms with Gasteiger partial charge in [0.15, 0.2) is 11.5 Å². The number of aliphatic hydroxyl groups excluding tert-OH is 1. The Labute approximate surface area is 187 Å². The fraction of sp³-hybridized carbons (Fsp3) is 0.375. The fourth-order valence-electron chi connectivity index (χ4n) is 3.91. The number of aromatic nitrogens is 2. The molecule has 1 aliphatic rings. The molecule has 0 bridgehead atoms. The van der Waals surface area contributed by atoms with Crippen LogP contribution in [0, 0.1) is 6.92 Å². The molecule has 32 heavy (non-hydrogen) atoms. The maximum atomic E-state index is 12.0. The van der Waals surface area contributed by atoms with Crippen LogP contribution < -0.4 is 14.8 Å². The predicted octanol–water partition coefficient (Wildman–Crippen LogP) is 3.44.